The Hall–Kier alpha value is -0.770. The summed E-state index contributed by atoms with van der Waals surface area (Å²) >= 11 is 0. The predicted octanol–water partition coefficient (Wildman–Crippen LogP) is 1.24. The van der Waals surface area contributed by atoms with E-state index in [0.29, 0.717) is 12.3 Å². The minimum atomic E-state index is 0.353. The number of nitrogens with two attached hydrogens (primary N) is 1. The Bertz CT molecular complexity index is 220. The van der Waals surface area contributed by atoms with Gasteiger partial charge in [-0.3, -0.25) is 0 Å². The molecule has 15 heavy (non-hydrogen) atoms. The third-order valence-electron chi connectivity index (χ3n) is 3.24. The molecule has 2 rings (SSSR count). The highest BCUT2D eigenvalue weighted by Gasteiger charge is 2.28. The van der Waals surface area contributed by atoms with Crippen LogP contribution in [-0.2, 0) is 0 Å². The van der Waals surface area contributed by atoms with Gasteiger partial charge in [-0.15, -0.1) is 0 Å². The quantitative estimate of drug-likeness (QED) is 0.288. The molecule has 86 valence electrons. The summed E-state index contributed by atoms with van der Waals surface area (Å²) in [5.41, 5.74) is 5.49. The second kappa shape index (κ2) is 4.84. The zero-order valence-electron chi connectivity index (χ0n) is 9.23. The summed E-state index contributed by atoms with van der Waals surface area (Å²) in [6.45, 7) is 3.38. The van der Waals surface area contributed by atoms with Crippen molar-refractivity contribution in [2.75, 3.05) is 19.6 Å². The van der Waals surface area contributed by atoms with Crippen molar-refractivity contribution in [1.29, 1.82) is 0 Å². The van der Waals surface area contributed by atoms with Crippen molar-refractivity contribution in [2.24, 2.45) is 22.7 Å². The van der Waals surface area contributed by atoms with Gasteiger partial charge in [0.25, 0.3) is 0 Å². The summed E-state index contributed by atoms with van der Waals surface area (Å²) in [6.07, 6.45) is 6.26. The molecule has 0 atom stereocenters. The molecule has 2 aliphatic rings. The third kappa shape index (κ3) is 4.08. The molecule has 0 radical (unpaired) electrons. The van der Waals surface area contributed by atoms with E-state index in [1.807, 2.05) is 0 Å². The summed E-state index contributed by atoms with van der Waals surface area (Å²) in [7, 11) is 0. The van der Waals surface area contributed by atoms with E-state index in [1.165, 1.54) is 38.8 Å². The molecule has 2 fully saturated rings. The van der Waals surface area contributed by atoms with Crippen LogP contribution in [0.3, 0.4) is 0 Å². The van der Waals surface area contributed by atoms with E-state index in [4.69, 9.17) is 10.9 Å². The van der Waals surface area contributed by atoms with Crippen molar-refractivity contribution < 1.29 is 5.21 Å². The van der Waals surface area contributed by atoms with Gasteiger partial charge in [-0.1, -0.05) is 5.16 Å². The van der Waals surface area contributed by atoms with Crippen LogP contribution in [0.15, 0.2) is 5.16 Å². The number of rotatable bonds is 7. The SMILES string of the molecule is NC(CCN(CC1CC1)CC1CC1)=NO. The highest BCUT2D eigenvalue weighted by molar-refractivity contribution is 5.79. The normalized spacial score (nSPS) is 22.3. The van der Waals surface area contributed by atoms with Gasteiger partial charge in [0.1, 0.15) is 5.84 Å². The highest BCUT2D eigenvalue weighted by Crippen LogP contribution is 2.33. The molecule has 4 nitrogen and oxygen atoms in total. The van der Waals surface area contributed by atoms with Crippen molar-refractivity contribution in [2.45, 2.75) is 32.1 Å². The average molecular weight is 211 g/mol. The Kier molecular flexibility index (Phi) is 3.46. The lowest BCUT2D eigenvalue weighted by Gasteiger charge is -2.21. The lowest BCUT2D eigenvalue weighted by molar-refractivity contribution is 0.257. The Morgan fingerprint density at radius 2 is 1.73 bits per heavy atom. The van der Waals surface area contributed by atoms with Gasteiger partial charge in [-0.2, -0.15) is 0 Å². The van der Waals surface area contributed by atoms with Gasteiger partial charge in [0, 0.05) is 26.1 Å². The number of oxime groups is 1. The molecule has 2 saturated carbocycles. The summed E-state index contributed by atoms with van der Waals surface area (Å²) < 4.78 is 0. The van der Waals surface area contributed by atoms with Crippen LogP contribution in [0.5, 0.6) is 0 Å². The molecule has 0 aromatic carbocycles. The second-order valence-corrected chi connectivity index (χ2v) is 4.99. The number of hydrogen-bond acceptors (Lipinski definition) is 3. The van der Waals surface area contributed by atoms with Crippen LogP contribution in [0.25, 0.3) is 0 Å². The van der Waals surface area contributed by atoms with E-state index in [2.05, 4.69) is 10.1 Å². The van der Waals surface area contributed by atoms with Crippen LogP contribution < -0.4 is 5.73 Å². The standard InChI is InChI=1S/C11H21N3O/c12-11(13-15)5-6-14(7-9-1-2-9)8-10-3-4-10/h9-10,15H,1-8H2,(H2,12,13). The first-order valence-electron chi connectivity index (χ1n) is 5.96. The maximum atomic E-state index is 8.48. The van der Waals surface area contributed by atoms with Crippen LogP contribution in [0.4, 0.5) is 0 Å². The van der Waals surface area contributed by atoms with E-state index in [-0.39, 0.29) is 0 Å². The first-order chi connectivity index (χ1) is 7.28. The third-order valence-corrected chi connectivity index (χ3v) is 3.24. The Morgan fingerprint density at radius 1 is 1.20 bits per heavy atom. The molecule has 0 spiro atoms. The van der Waals surface area contributed by atoms with Crippen molar-refractivity contribution >= 4 is 5.84 Å². The Morgan fingerprint density at radius 3 is 2.13 bits per heavy atom. The highest BCUT2D eigenvalue weighted by atomic mass is 16.4. The van der Waals surface area contributed by atoms with Gasteiger partial charge in [-0.25, -0.2) is 0 Å². The fourth-order valence-electron chi connectivity index (χ4n) is 1.91. The van der Waals surface area contributed by atoms with Gasteiger partial charge in [-0.05, 0) is 37.5 Å². The Labute approximate surface area is 91.1 Å². The second-order valence-electron chi connectivity index (χ2n) is 4.99. The Balaban J connectivity index is 1.69. The van der Waals surface area contributed by atoms with E-state index in [1.54, 1.807) is 0 Å². The fourth-order valence-corrected chi connectivity index (χ4v) is 1.91. The van der Waals surface area contributed by atoms with Gasteiger partial charge < -0.3 is 15.8 Å². The maximum absolute atomic E-state index is 8.48. The topological polar surface area (TPSA) is 61.8 Å². The molecule has 3 N–H and O–H groups in total. The zero-order chi connectivity index (χ0) is 10.7. The number of hydrogen-bond donors (Lipinski definition) is 2. The molecule has 0 amide bonds. The summed E-state index contributed by atoms with van der Waals surface area (Å²) in [4.78, 5) is 2.49. The summed E-state index contributed by atoms with van der Waals surface area (Å²) in [6, 6.07) is 0. The van der Waals surface area contributed by atoms with E-state index < -0.39 is 0 Å². The predicted molar refractivity (Wildman–Crippen MR) is 59.9 cm³/mol. The number of amidine groups is 1. The van der Waals surface area contributed by atoms with Crippen LogP contribution in [-0.4, -0.2) is 35.6 Å². The fraction of sp³-hybridized carbons (Fsp3) is 0.909. The van der Waals surface area contributed by atoms with E-state index in [9.17, 15) is 0 Å². The zero-order valence-corrected chi connectivity index (χ0v) is 9.23. The smallest absolute Gasteiger partial charge is 0.140 e. The monoisotopic (exact) mass is 211 g/mol. The molecule has 0 saturated heterocycles. The summed E-state index contributed by atoms with van der Waals surface area (Å²) in [5, 5.41) is 11.5. The molecular formula is C11H21N3O. The summed E-state index contributed by atoms with van der Waals surface area (Å²) in [5.74, 6) is 2.21. The minimum absolute atomic E-state index is 0.353. The molecule has 4 heteroatoms. The van der Waals surface area contributed by atoms with Gasteiger partial charge >= 0.3 is 0 Å². The molecule has 2 aliphatic carbocycles. The van der Waals surface area contributed by atoms with Crippen LogP contribution in [0.2, 0.25) is 0 Å². The van der Waals surface area contributed by atoms with E-state index in [0.717, 1.165) is 18.4 Å². The van der Waals surface area contributed by atoms with Crippen LogP contribution in [0.1, 0.15) is 32.1 Å². The van der Waals surface area contributed by atoms with Crippen molar-refractivity contribution in [3.05, 3.63) is 0 Å². The molecular weight excluding hydrogens is 190 g/mol. The van der Waals surface area contributed by atoms with Gasteiger partial charge in [0.05, 0.1) is 0 Å². The van der Waals surface area contributed by atoms with Crippen molar-refractivity contribution in [3.8, 4) is 0 Å². The largest absolute Gasteiger partial charge is 0.409 e. The van der Waals surface area contributed by atoms with Crippen molar-refractivity contribution in [1.82, 2.24) is 4.90 Å². The first kappa shape index (κ1) is 10.7. The van der Waals surface area contributed by atoms with Gasteiger partial charge in [0.15, 0.2) is 0 Å². The minimum Gasteiger partial charge on any atom is -0.409 e. The number of nitrogens with zero attached hydrogens (tertiary/aromatic N) is 2. The molecule has 0 heterocycles. The molecule has 0 unspecified atom stereocenters. The maximum Gasteiger partial charge on any atom is 0.140 e. The van der Waals surface area contributed by atoms with E-state index >= 15 is 0 Å². The lowest BCUT2D eigenvalue weighted by atomic mass is 10.2. The average Bonchev–Trinajstić information content (AvgIpc) is 3.08. The lowest BCUT2D eigenvalue weighted by Crippen LogP contribution is -2.32. The molecule has 0 aromatic heterocycles. The van der Waals surface area contributed by atoms with Crippen molar-refractivity contribution in [3.63, 3.8) is 0 Å². The van der Waals surface area contributed by atoms with Crippen LogP contribution in [0, 0.1) is 11.8 Å². The van der Waals surface area contributed by atoms with Gasteiger partial charge in [0.2, 0.25) is 0 Å². The molecule has 0 aliphatic heterocycles. The molecule has 0 aromatic rings. The van der Waals surface area contributed by atoms with Crippen LogP contribution >= 0.6 is 0 Å². The first-order valence-corrected chi connectivity index (χ1v) is 5.96. The molecule has 0 bridgehead atoms.